The van der Waals surface area contributed by atoms with Crippen molar-refractivity contribution >= 4 is 20.6 Å². The van der Waals surface area contributed by atoms with Gasteiger partial charge in [0, 0.05) is 0 Å². The van der Waals surface area contributed by atoms with E-state index in [0.29, 0.717) is 0 Å². The summed E-state index contributed by atoms with van der Waals surface area (Å²) in [6.45, 7) is 5.82. The fourth-order valence-electron chi connectivity index (χ4n) is 0.412. The second-order valence-electron chi connectivity index (χ2n) is 1.85. The van der Waals surface area contributed by atoms with E-state index in [1.165, 1.54) is 0 Å². The number of hydrogen-bond acceptors (Lipinski definition) is 0. The normalized spacial score (nSPS) is 10.9. The van der Waals surface area contributed by atoms with Gasteiger partial charge in [0.25, 0.3) is 6.29 Å². The molecule has 0 fully saturated rings. The van der Waals surface area contributed by atoms with Crippen LogP contribution in [0.3, 0.4) is 0 Å². The van der Waals surface area contributed by atoms with Crippen molar-refractivity contribution in [2.75, 3.05) is 20.0 Å². The minimum absolute atomic E-state index is 0.0265. The maximum absolute atomic E-state index is 3.86. The third kappa shape index (κ3) is 5.84. The molecule has 2 heteroatoms. The zero-order valence-corrected chi connectivity index (χ0v) is 5.91. The van der Waals surface area contributed by atoms with Crippen LogP contribution in [0, 0.1) is 0 Å². The van der Waals surface area contributed by atoms with Gasteiger partial charge in [-0.1, -0.05) is 0 Å². The van der Waals surface area contributed by atoms with Crippen LogP contribution in [-0.4, -0.2) is 37.6 Å². The zero-order chi connectivity index (χ0) is 5.86. The highest BCUT2D eigenvalue weighted by atomic mass is 31.1. The molecule has 0 aliphatic heterocycles. The molecule has 0 saturated heterocycles. The lowest BCUT2D eigenvalue weighted by atomic mass is 11.1. The fraction of sp³-hybridized carbons (Fsp3) is 0.600. The van der Waals surface area contributed by atoms with Gasteiger partial charge >= 0.3 is 0 Å². The highest BCUT2D eigenvalue weighted by molar-refractivity contribution is 7.54. The Hall–Kier alpha value is -0.160. The SMILES string of the molecule is C=[N+](C)C[P+](=C)C. The van der Waals surface area contributed by atoms with Crippen molar-refractivity contribution in [1.29, 1.82) is 0 Å². The van der Waals surface area contributed by atoms with Crippen LogP contribution in [-0.2, 0) is 0 Å². The van der Waals surface area contributed by atoms with Crippen LogP contribution in [0.2, 0.25) is 0 Å². The van der Waals surface area contributed by atoms with E-state index in [1.807, 2.05) is 11.6 Å². The van der Waals surface area contributed by atoms with Gasteiger partial charge < -0.3 is 0 Å². The Bertz CT molecular complexity index is 84.3. The van der Waals surface area contributed by atoms with Crippen molar-refractivity contribution < 1.29 is 4.58 Å². The Labute approximate surface area is 46.1 Å². The first kappa shape index (κ1) is 6.84. The quantitative estimate of drug-likeness (QED) is 0.286. The molecule has 1 unspecified atom stereocenters. The molecular formula is C5H12NP+2. The van der Waals surface area contributed by atoms with Gasteiger partial charge in [-0.05, 0) is 0 Å². The second kappa shape index (κ2) is 2.92. The lowest BCUT2D eigenvalue weighted by molar-refractivity contribution is -0.466. The summed E-state index contributed by atoms with van der Waals surface area (Å²) in [4.78, 5) is 0. The number of nitrogens with zero attached hydrogens (tertiary/aromatic N) is 1. The molecule has 0 bridgehead atoms. The maximum Gasteiger partial charge on any atom is 0.289 e. The van der Waals surface area contributed by atoms with Gasteiger partial charge in [-0.2, -0.15) is 0 Å². The Morgan fingerprint density at radius 3 is 2.14 bits per heavy atom. The Balaban J connectivity index is 3.32. The molecule has 0 saturated carbocycles. The van der Waals surface area contributed by atoms with Gasteiger partial charge in [-0.3, -0.25) is 0 Å². The van der Waals surface area contributed by atoms with Crippen LogP contribution in [0.5, 0.6) is 0 Å². The standard InChI is InChI=1S/C5H12NP/c1-6(2)5-7(3)4/h1,3,5H2,2,4H3/q+2. The van der Waals surface area contributed by atoms with Crippen molar-refractivity contribution in [2.45, 2.75) is 0 Å². The molecule has 7 heavy (non-hydrogen) atoms. The minimum atomic E-state index is -0.0265. The van der Waals surface area contributed by atoms with E-state index >= 15 is 0 Å². The topological polar surface area (TPSA) is 3.01 Å². The van der Waals surface area contributed by atoms with Crippen LogP contribution in [0.25, 0.3) is 0 Å². The highest BCUT2D eigenvalue weighted by Crippen LogP contribution is 2.09. The molecule has 0 aromatic heterocycles. The van der Waals surface area contributed by atoms with Crippen molar-refractivity contribution in [3.05, 3.63) is 0 Å². The van der Waals surface area contributed by atoms with Crippen molar-refractivity contribution in [2.24, 2.45) is 0 Å². The first-order valence-corrected chi connectivity index (χ1v) is 4.32. The highest BCUT2D eigenvalue weighted by Gasteiger charge is 1.99. The van der Waals surface area contributed by atoms with E-state index in [4.69, 9.17) is 0 Å². The van der Waals surface area contributed by atoms with Crippen LogP contribution < -0.4 is 0 Å². The molecule has 0 aromatic rings. The summed E-state index contributed by atoms with van der Waals surface area (Å²) in [5.41, 5.74) is 0. The summed E-state index contributed by atoms with van der Waals surface area (Å²) in [5, 5.41) is 0. The molecule has 0 N–H and O–H groups in total. The Morgan fingerprint density at radius 1 is 1.71 bits per heavy atom. The number of rotatable bonds is 2. The van der Waals surface area contributed by atoms with Gasteiger partial charge in [0.15, 0.2) is 7.55 Å². The summed E-state index contributed by atoms with van der Waals surface area (Å²) < 4.78 is 1.92. The first-order valence-electron chi connectivity index (χ1n) is 2.16. The first-order chi connectivity index (χ1) is 3.13. The van der Waals surface area contributed by atoms with Crippen LogP contribution in [0.15, 0.2) is 0 Å². The van der Waals surface area contributed by atoms with Gasteiger partial charge in [-0.25, -0.2) is 4.58 Å². The van der Waals surface area contributed by atoms with Crippen molar-refractivity contribution in [3.63, 3.8) is 0 Å². The third-order valence-electron chi connectivity index (χ3n) is 0.483. The third-order valence-corrected chi connectivity index (χ3v) is 1.45. The van der Waals surface area contributed by atoms with E-state index in [2.05, 4.69) is 19.7 Å². The second-order valence-corrected chi connectivity index (χ2v) is 3.85. The fourth-order valence-corrected chi connectivity index (χ4v) is 1.24. The lowest BCUT2D eigenvalue weighted by Crippen LogP contribution is -1.98. The molecule has 1 nitrogen and oxygen atoms in total. The number of hydrogen-bond donors (Lipinski definition) is 0. The molecule has 0 aromatic carbocycles. The van der Waals surface area contributed by atoms with E-state index in [0.717, 1.165) is 6.29 Å². The smallest absolute Gasteiger partial charge is 0.206 e. The van der Waals surface area contributed by atoms with E-state index in [9.17, 15) is 0 Å². The molecule has 40 valence electrons. The van der Waals surface area contributed by atoms with Crippen molar-refractivity contribution in [3.8, 4) is 0 Å². The van der Waals surface area contributed by atoms with E-state index in [-0.39, 0.29) is 7.55 Å². The van der Waals surface area contributed by atoms with E-state index < -0.39 is 0 Å². The van der Waals surface area contributed by atoms with E-state index in [1.54, 1.807) is 0 Å². The van der Waals surface area contributed by atoms with Crippen LogP contribution in [0.1, 0.15) is 0 Å². The summed E-state index contributed by atoms with van der Waals surface area (Å²) in [5.74, 6) is 0. The molecule has 0 rings (SSSR count). The largest absolute Gasteiger partial charge is 0.289 e. The van der Waals surface area contributed by atoms with Gasteiger partial charge in [-0.15, -0.1) is 0 Å². The van der Waals surface area contributed by atoms with Crippen LogP contribution >= 0.6 is 7.55 Å². The zero-order valence-electron chi connectivity index (χ0n) is 5.02. The molecule has 1 atom stereocenters. The predicted molar refractivity (Wildman–Crippen MR) is 38.1 cm³/mol. The van der Waals surface area contributed by atoms with Gasteiger partial charge in [0.05, 0.1) is 6.30 Å². The average Bonchev–Trinajstić information content (AvgIpc) is 1.27. The molecule has 0 radical (unpaired) electrons. The lowest BCUT2D eigenvalue weighted by Gasteiger charge is -1.80. The predicted octanol–water partition coefficient (Wildman–Crippen LogP) is 0.831. The summed E-state index contributed by atoms with van der Waals surface area (Å²) in [6, 6.07) is 0. The minimum Gasteiger partial charge on any atom is -0.206 e. The molecule has 0 aliphatic carbocycles. The Kier molecular flexibility index (Phi) is 2.86. The van der Waals surface area contributed by atoms with Gasteiger partial charge in [0.1, 0.15) is 20.4 Å². The van der Waals surface area contributed by atoms with Gasteiger partial charge in [0.2, 0.25) is 0 Å². The molecular weight excluding hydrogens is 105 g/mol. The summed E-state index contributed by atoms with van der Waals surface area (Å²) in [6.07, 6.45) is 4.90. The monoisotopic (exact) mass is 117 g/mol. The summed E-state index contributed by atoms with van der Waals surface area (Å²) in [7, 11) is 1.94. The summed E-state index contributed by atoms with van der Waals surface area (Å²) >= 11 is 0. The average molecular weight is 117 g/mol. The molecule has 0 heterocycles. The molecule has 0 spiro atoms. The van der Waals surface area contributed by atoms with Crippen LogP contribution in [0.4, 0.5) is 0 Å². The Morgan fingerprint density at radius 2 is 2.14 bits per heavy atom. The molecule has 0 amide bonds. The maximum atomic E-state index is 3.86. The molecule has 0 aliphatic rings. The van der Waals surface area contributed by atoms with Crippen molar-refractivity contribution in [1.82, 2.24) is 0 Å².